The van der Waals surface area contributed by atoms with Crippen molar-refractivity contribution in [3.8, 4) is 0 Å². The van der Waals surface area contributed by atoms with Gasteiger partial charge >= 0.3 is 0 Å². The van der Waals surface area contributed by atoms with Gasteiger partial charge in [0.2, 0.25) is 0 Å². The third-order valence-electron chi connectivity index (χ3n) is 4.98. The maximum atomic E-state index is 13.7. The molecule has 2 heterocycles. The Kier molecular flexibility index (Phi) is 3.92. The van der Waals surface area contributed by atoms with Crippen LogP contribution in [0.4, 0.5) is 15.8 Å². The standard InChI is InChI=1S/C17H16FN3O4S/c18-11-1-6-16-14(9-11)15-10-19-8-7-17(15)20(16)26(24,25)13-4-2-12(3-5-13)21(22)23/h1-6,9,15,17,19H,7-8,10H2/t15-,17-/m0/s1. The Bertz CT molecular complexity index is 978. The average molecular weight is 377 g/mol. The zero-order valence-corrected chi connectivity index (χ0v) is 14.4. The molecule has 2 aliphatic rings. The second kappa shape index (κ2) is 6.03. The van der Waals surface area contributed by atoms with Gasteiger partial charge in [-0.05, 0) is 48.9 Å². The first-order chi connectivity index (χ1) is 12.4. The highest BCUT2D eigenvalue weighted by Gasteiger charge is 2.45. The van der Waals surface area contributed by atoms with Crippen LogP contribution in [0.5, 0.6) is 0 Å². The van der Waals surface area contributed by atoms with E-state index in [4.69, 9.17) is 0 Å². The first-order valence-corrected chi connectivity index (χ1v) is 9.62. The molecule has 0 aliphatic carbocycles. The molecule has 7 nitrogen and oxygen atoms in total. The lowest BCUT2D eigenvalue weighted by Crippen LogP contribution is -2.46. The summed E-state index contributed by atoms with van der Waals surface area (Å²) in [5.41, 5.74) is 0.976. The van der Waals surface area contributed by atoms with Crippen molar-refractivity contribution < 1.29 is 17.7 Å². The van der Waals surface area contributed by atoms with Crippen molar-refractivity contribution in [2.75, 3.05) is 17.4 Å². The molecular weight excluding hydrogens is 361 g/mol. The lowest BCUT2D eigenvalue weighted by Gasteiger charge is -2.33. The number of anilines is 1. The van der Waals surface area contributed by atoms with Crippen molar-refractivity contribution in [3.05, 3.63) is 64.0 Å². The highest BCUT2D eigenvalue weighted by atomic mass is 32.2. The van der Waals surface area contributed by atoms with Gasteiger partial charge in [0.05, 0.1) is 21.5 Å². The van der Waals surface area contributed by atoms with Gasteiger partial charge in [-0.1, -0.05) is 0 Å². The van der Waals surface area contributed by atoms with E-state index in [0.717, 1.165) is 0 Å². The Morgan fingerprint density at radius 3 is 2.62 bits per heavy atom. The Balaban J connectivity index is 1.81. The van der Waals surface area contributed by atoms with E-state index in [9.17, 15) is 22.9 Å². The molecule has 2 atom stereocenters. The molecule has 0 aromatic heterocycles. The molecule has 136 valence electrons. The van der Waals surface area contributed by atoms with Gasteiger partial charge < -0.3 is 5.32 Å². The average Bonchev–Trinajstić information content (AvgIpc) is 2.96. The first-order valence-electron chi connectivity index (χ1n) is 8.18. The highest BCUT2D eigenvalue weighted by Crippen LogP contribution is 2.46. The molecule has 9 heteroatoms. The number of hydrogen-bond donors (Lipinski definition) is 1. The predicted octanol–water partition coefficient (Wildman–Crippen LogP) is 2.39. The Labute approximate surface area is 149 Å². The zero-order valence-electron chi connectivity index (χ0n) is 13.6. The molecule has 0 spiro atoms. The van der Waals surface area contributed by atoms with Crippen LogP contribution in [0.3, 0.4) is 0 Å². The summed E-state index contributed by atoms with van der Waals surface area (Å²) in [7, 11) is -3.92. The van der Waals surface area contributed by atoms with Crippen LogP contribution in [0.1, 0.15) is 17.9 Å². The fourth-order valence-electron chi connectivity index (χ4n) is 3.81. The van der Waals surface area contributed by atoms with E-state index in [-0.39, 0.29) is 22.5 Å². The summed E-state index contributed by atoms with van der Waals surface area (Å²) in [5.74, 6) is -0.523. The third-order valence-corrected chi connectivity index (χ3v) is 6.83. The topological polar surface area (TPSA) is 92.5 Å². The zero-order chi connectivity index (χ0) is 18.5. The molecule has 1 fully saturated rings. The van der Waals surface area contributed by atoms with Crippen LogP contribution in [-0.2, 0) is 10.0 Å². The van der Waals surface area contributed by atoms with Crippen molar-refractivity contribution in [1.29, 1.82) is 0 Å². The van der Waals surface area contributed by atoms with Gasteiger partial charge in [-0.25, -0.2) is 12.8 Å². The van der Waals surface area contributed by atoms with Crippen LogP contribution in [0.15, 0.2) is 47.4 Å². The minimum absolute atomic E-state index is 0.0162. The molecule has 0 unspecified atom stereocenters. The van der Waals surface area contributed by atoms with Crippen LogP contribution in [0.2, 0.25) is 0 Å². The SMILES string of the molecule is O=[N+]([O-])c1ccc(S(=O)(=O)N2c3ccc(F)cc3[C@@H]3CNCC[C@@H]32)cc1. The highest BCUT2D eigenvalue weighted by molar-refractivity contribution is 7.92. The number of halogens is 1. The Hall–Kier alpha value is -2.52. The summed E-state index contributed by atoms with van der Waals surface area (Å²) >= 11 is 0. The molecule has 0 bridgehead atoms. The summed E-state index contributed by atoms with van der Waals surface area (Å²) in [6.07, 6.45) is 0.604. The number of rotatable bonds is 3. The largest absolute Gasteiger partial charge is 0.316 e. The van der Waals surface area contributed by atoms with E-state index >= 15 is 0 Å². The number of nitro groups is 1. The Morgan fingerprint density at radius 2 is 1.92 bits per heavy atom. The minimum atomic E-state index is -3.92. The summed E-state index contributed by atoms with van der Waals surface area (Å²) in [6.45, 7) is 1.25. The van der Waals surface area contributed by atoms with Crippen molar-refractivity contribution in [1.82, 2.24) is 5.32 Å². The first kappa shape index (κ1) is 16.9. The fraction of sp³-hybridized carbons (Fsp3) is 0.294. The normalized spacial score (nSPS) is 22.0. The molecule has 1 N–H and O–H groups in total. The Morgan fingerprint density at radius 1 is 1.19 bits per heavy atom. The van der Waals surface area contributed by atoms with Crippen LogP contribution in [-0.4, -0.2) is 32.5 Å². The van der Waals surface area contributed by atoms with Gasteiger partial charge in [0.25, 0.3) is 15.7 Å². The second-order valence-corrected chi connectivity index (χ2v) is 8.24. The molecule has 1 saturated heterocycles. The van der Waals surface area contributed by atoms with E-state index in [2.05, 4.69) is 5.32 Å². The summed E-state index contributed by atoms with van der Waals surface area (Å²) < 4.78 is 41.6. The number of benzene rings is 2. The van der Waals surface area contributed by atoms with Crippen molar-refractivity contribution >= 4 is 21.4 Å². The molecule has 2 aliphatic heterocycles. The van der Waals surface area contributed by atoms with Crippen molar-refractivity contribution in [2.24, 2.45) is 0 Å². The molecule has 0 saturated carbocycles. The number of piperidine rings is 1. The van der Waals surface area contributed by atoms with Gasteiger partial charge in [-0.15, -0.1) is 0 Å². The number of hydrogen-bond acceptors (Lipinski definition) is 5. The van der Waals surface area contributed by atoms with E-state index in [1.54, 1.807) is 0 Å². The number of nitrogens with one attached hydrogen (secondary N) is 1. The lowest BCUT2D eigenvalue weighted by molar-refractivity contribution is -0.384. The quantitative estimate of drug-likeness (QED) is 0.655. The summed E-state index contributed by atoms with van der Waals surface area (Å²) in [6, 6.07) is 8.67. The van der Waals surface area contributed by atoms with Crippen molar-refractivity contribution in [2.45, 2.75) is 23.3 Å². The van der Waals surface area contributed by atoms with Gasteiger partial charge in [0.15, 0.2) is 0 Å². The minimum Gasteiger partial charge on any atom is -0.316 e. The third kappa shape index (κ3) is 2.55. The van der Waals surface area contributed by atoms with E-state index < -0.39 is 20.8 Å². The molecule has 4 rings (SSSR count). The van der Waals surface area contributed by atoms with E-state index in [1.807, 2.05) is 0 Å². The van der Waals surface area contributed by atoms with Crippen LogP contribution < -0.4 is 9.62 Å². The van der Waals surface area contributed by atoms with E-state index in [1.165, 1.54) is 46.8 Å². The number of fused-ring (bicyclic) bond motifs is 3. The number of nitro benzene ring substituents is 1. The van der Waals surface area contributed by atoms with Crippen LogP contribution in [0, 0.1) is 15.9 Å². The summed E-state index contributed by atoms with van der Waals surface area (Å²) in [5, 5.41) is 14.0. The molecular formula is C17H16FN3O4S. The smallest absolute Gasteiger partial charge is 0.269 e. The molecule has 0 amide bonds. The molecule has 26 heavy (non-hydrogen) atoms. The second-order valence-electron chi connectivity index (χ2n) is 6.42. The van der Waals surface area contributed by atoms with Crippen molar-refractivity contribution in [3.63, 3.8) is 0 Å². The molecule has 2 aromatic rings. The van der Waals surface area contributed by atoms with Gasteiger partial charge in [0, 0.05) is 24.6 Å². The van der Waals surface area contributed by atoms with Gasteiger partial charge in [-0.2, -0.15) is 0 Å². The van der Waals surface area contributed by atoms with E-state index in [0.29, 0.717) is 30.8 Å². The van der Waals surface area contributed by atoms with Crippen LogP contribution >= 0.6 is 0 Å². The molecule has 2 aromatic carbocycles. The number of sulfonamides is 1. The number of nitrogens with zero attached hydrogens (tertiary/aromatic N) is 2. The molecule has 0 radical (unpaired) electrons. The fourth-order valence-corrected chi connectivity index (χ4v) is 5.55. The van der Waals surface area contributed by atoms with Gasteiger partial charge in [0.1, 0.15) is 5.82 Å². The van der Waals surface area contributed by atoms with Crippen LogP contribution in [0.25, 0.3) is 0 Å². The lowest BCUT2D eigenvalue weighted by atomic mass is 9.90. The summed E-state index contributed by atoms with van der Waals surface area (Å²) in [4.78, 5) is 10.2. The maximum absolute atomic E-state index is 13.7. The predicted molar refractivity (Wildman–Crippen MR) is 93.2 cm³/mol. The monoisotopic (exact) mass is 377 g/mol. The maximum Gasteiger partial charge on any atom is 0.269 e. The number of non-ortho nitro benzene ring substituents is 1. The van der Waals surface area contributed by atoms with Gasteiger partial charge in [-0.3, -0.25) is 14.4 Å².